The first-order valence-electron chi connectivity index (χ1n) is 11.0. The Labute approximate surface area is 203 Å². The number of rotatable bonds is 10. The number of aliphatic carboxylic acids is 1. The second-order valence-electron chi connectivity index (χ2n) is 8.05. The third kappa shape index (κ3) is 7.83. The van der Waals surface area contributed by atoms with Gasteiger partial charge in [0.2, 0.25) is 5.91 Å². The molecule has 7 nitrogen and oxygen atoms in total. The molecule has 0 aromatic heterocycles. The average Bonchev–Trinajstić information content (AvgIpc) is 2.80. The Morgan fingerprint density at radius 1 is 1.18 bits per heavy atom. The Bertz CT molecular complexity index is 1010. The highest BCUT2D eigenvalue weighted by Gasteiger charge is 2.27. The van der Waals surface area contributed by atoms with Crippen molar-refractivity contribution in [3.05, 3.63) is 70.5 Å². The number of carboxylic acids is 1. The molecule has 1 aliphatic heterocycles. The van der Waals surface area contributed by atoms with Crippen LogP contribution in [0.1, 0.15) is 18.1 Å². The molecule has 0 saturated carbocycles. The number of ether oxygens (including phenoxy) is 2. The molecular formula is C25H28ClFN2O5. The number of piperazine rings is 1. The van der Waals surface area contributed by atoms with Crippen molar-refractivity contribution in [2.75, 3.05) is 39.5 Å². The monoisotopic (exact) mass is 490 g/mol. The number of hydrogen-bond donors (Lipinski definition) is 1. The summed E-state index contributed by atoms with van der Waals surface area (Å²) in [5.74, 6) is -0.923. The molecule has 1 N–H and O–H groups in total. The molecule has 34 heavy (non-hydrogen) atoms. The van der Waals surface area contributed by atoms with Crippen LogP contribution in [0.4, 0.5) is 4.39 Å². The van der Waals surface area contributed by atoms with Gasteiger partial charge in [0.25, 0.3) is 0 Å². The maximum atomic E-state index is 13.1. The van der Waals surface area contributed by atoms with Gasteiger partial charge in [0.1, 0.15) is 24.8 Å². The van der Waals surface area contributed by atoms with Crippen LogP contribution in [-0.2, 0) is 20.9 Å². The van der Waals surface area contributed by atoms with Crippen molar-refractivity contribution in [3.63, 3.8) is 0 Å². The lowest BCUT2D eigenvalue weighted by atomic mass is 10.1. The van der Waals surface area contributed by atoms with E-state index in [1.807, 2.05) is 11.8 Å². The molecule has 0 aliphatic carbocycles. The van der Waals surface area contributed by atoms with Gasteiger partial charge in [-0.15, -0.1) is 0 Å². The van der Waals surface area contributed by atoms with E-state index < -0.39 is 5.97 Å². The van der Waals surface area contributed by atoms with Crippen molar-refractivity contribution in [2.45, 2.75) is 19.5 Å². The van der Waals surface area contributed by atoms with Crippen LogP contribution in [0.3, 0.4) is 0 Å². The van der Waals surface area contributed by atoms with E-state index in [1.54, 1.807) is 30.3 Å². The van der Waals surface area contributed by atoms with E-state index in [2.05, 4.69) is 4.90 Å². The van der Waals surface area contributed by atoms with Crippen molar-refractivity contribution in [2.24, 2.45) is 0 Å². The molecule has 1 fully saturated rings. The highest BCUT2D eigenvalue weighted by Crippen LogP contribution is 2.24. The summed E-state index contributed by atoms with van der Waals surface area (Å²) >= 11 is 5.97. The largest absolute Gasteiger partial charge is 0.491 e. The minimum Gasteiger partial charge on any atom is -0.491 e. The van der Waals surface area contributed by atoms with Crippen LogP contribution in [-0.4, -0.2) is 72.3 Å². The summed E-state index contributed by atoms with van der Waals surface area (Å²) in [4.78, 5) is 27.4. The lowest BCUT2D eigenvalue weighted by Gasteiger charge is -2.40. The fourth-order valence-corrected chi connectivity index (χ4v) is 3.97. The standard InChI is InChI=1S/C25H28ClFN2O5/c1-18-15-28(16-19-2-6-22(27)7-3-19)10-11-29(18)24(30)17-33-12-13-34-23-8-5-21(26)14-20(23)4-9-25(31)32/h2-9,14,18H,10-13,15-17H2,1H3,(H,31,32)/t18-/m1/s1. The molecule has 2 aromatic carbocycles. The van der Waals surface area contributed by atoms with Crippen molar-refractivity contribution < 1.29 is 28.6 Å². The number of amides is 1. The first-order chi connectivity index (χ1) is 16.3. The number of halogens is 2. The molecule has 0 bridgehead atoms. The summed E-state index contributed by atoms with van der Waals surface area (Å²) in [6.45, 7) is 5.15. The SMILES string of the molecule is C[C@@H]1CN(Cc2ccc(F)cc2)CCN1C(=O)COCCOc1ccc(Cl)cc1C=CC(=O)O. The van der Waals surface area contributed by atoms with Gasteiger partial charge >= 0.3 is 5.97 Å². The molecule has 3 rings (SSSR count). The van der Waals surface area contributed by atoms with Gasteiger partial charge in [-0.2, -0.15) is 0 Å². The fraction of sp³-hybridized carbons (Fsp3) is 0.360. The molecule has 182 valence electrons. The van der Waals surface area contributed by atoms with E-state index in [0.29, 0.717) is 22.9 Å². The van der Waals surface area contributed by atoms with Crippen molar-refractivity contribution >= 4 is 29.6 Å². The van der Waals surface area contributed by atoms with Gasteiger partial charge in [0.15, 0.2) is 0 Å². The van der Waals surface area contributed by atoms with Gasteiger partial charge in [-0.25, -0.2) is 9.18 Å². The third-order valence-electron chi connectivity index (χ3n) is 5.44. The number of nitrogens with zero attached hydrogens (tertiary/aromatic N) is 2. The summed E-state index contributed by atoms with van der Waals surface area (Å²) < 4.78 is 24.3. The normalized spacial score (nSPS) is 16.7. The molecule has 2 aromatic rings. The average molecular weight is 491 g/mol. The molecule has 0 radical (unpaired) electrons. The Morgan fingerprint density at radius 2 is 1.94 bits per heavy atom. The first kappa shape index (κ1) is 25.7. The molecule has 0 unspecified atom stereocenters. The molecule has 1 heterocycles. The Morgan fingerprint density at radius 3 is 2.65 bits per heavy atom. The van der Waals surface area contributed by atoms with Gasteiger partial charge in [-0.1, -0.05) is 23.7 Å². The Hall–Kier alpha value is -2.94. The van der Waals surface area contributed by atoms with Gasteiger partial charge < -0.3 is 19.5 Å². The minimum atomic E-state index is -1.07. The number of benzene rings is 2. The highest BCUT2D eigenvalue weighted by atomic mass is 35.5. The molecule has 1 aliphatic rings. The van der Waals surface area contributed by atoms with E-state index >= 15 is 0 Å². The van der Waals surface area contributed by atoms with Crippen LogP contribution in [0.2, 0.25) is 5.02 Å². The smallest absolute Gasteiger partial charge is 0.328 e. The van der Waals surface area contributed by atoms with Gasteiger partial charge in [-0.3, -0.25) is 9.69 Å². The Kier molecular flexibility index (Phi) is 9.44. The minimum absolute atomic E-state index is 0.0409. The summed E-state index contributed by atoms with van der Waals surface area (Å²) in [6.07, 6.45) is 2.42. The summed E-state index contributed by atoms with van der Waals surface area (Å²) in [5.41, 5.74) is 1.58. The zero-order valence-corrected chi connectivity index (χ0v) is 19.7. The predicted molar refractivity (Wildman–Crippen MR) is 127 cm³/mol. The molecule has 9 heteroatoms. The van der Waals surface area contributed by atoms with Crippen LogP contribution in [0.5, 0.6) is 5.75 Å². The number of hydrogen-bond acceptors (Lipinski definition) is 5. The van der Waals surface area contributed by atoms with Crippen molar-refractivity contribution in [3.8, 4) is 5.75 Å². The molecule has 1 saturated heterocycles. The van der Waals surface area contributed by atoms with E-state index in [0.717, 1.165) is 31.3 Å². The number of carbonyl (C=O) groups is 2. The fourth-order valence-electron chi connectivity index (χ4n) is 3.79. The third-order valence-corrected chi connectivity index (χ3v) is 5.67. The van der Waals surface area contributed by atoms with Gasteiger partial charge in [0, 0.05) is 48.9 Å². The van der Waals surface area contributed by atoms with E-state index in [1.165, 1.54) is 18.2 Å². The first-order valence-corrected chi connectivity index (χ1v) is 11.4. The second-order valence-corrected chi connectivity index (χ2v) is 8.49. The zero-order chi connectivity index (χ0) is 24.5. The summed E-state index contributed by atoms with van der Waals surface area (Å²) in [6, 6.07) is 11.4. The number of carboxylic acid groups (broad SMARTS) is 1. The second kappa shape index (κ2) is 12.5. The van der Waals surface area contributed by atoms with Gasteiger partial charge in [-0.05, 0) is 48.9 Å². The zero-order valence-electron chi connectivity index (χ0n) is 19.0. The lowest BCUT2D eigenvalue weighted by molar-refractivity contribution is -0.141. The van der Waals surface area contributed by atoms with E-state index in [4.69, 9.17) is 26.2 Å². The van der Waals surface area contributed by atoms with Crippen LogP contribution in [0, 0.1) is 5.82 Å². The van der Waals surface area contributed by atoms with Crippen molar-refractivity contribution in [1.29, 1.82) is 0 Å². The molecule has 0 spiro atoms. The highest BCUT2D eigenvalue weighted by molar-refractivity contribution is 6.30. The molecular weight excluding hydrogens is 463 g/mol. The van der Waals surface area contributed by atoms with E-state index in [-0.39, 0.29) is 37.6 Å². The molecule has 1 atom stereocenters. The lowest BCUT2D eigenvalue weighted by Crippen LogP contribution is -2.54. The molecule has 1 amide bonds. The Balaban J connectivity index is 1.39. The van der Waals surface area contributed by atoms with E-state index in [9.17, 15) is 14.0 Å². The van der Waals surface area contributed by atoms with Gasteiger partial charge in [0.05, 0.1) is 6.61 Å². The maximum absolute atomic E-state index is 13.1. The van der Waals surface area contributed by atoms with Crippen LogP contribution in [0.15, 0.2) is 48.5 Å². The predicted octanol–water partition coefficient (Wildman–Crippen LogP) is 3.71. The topological polar surface area (TPSA) is 79.3 Å². The maximum Gasteiger partial charge on any atom is 0.328 e. The van der Waals surface area contributed by atoms with Crippen molar-refractivity contribution in [1.82, 2.24) is 9.80 Å². The van der Waals surface area contributed by atoms with Crippen LogP contribution in [0.25, 0.3) is 6.08 Å². The van der Waals surface area contributed by atoms with Crippen LogP contribution < -0.4 is 4.74 Å². The summed E-state index contributed by atoms with van der Waals surface area (Å²) in [5, 5.41) is 9.28. The quantitative estimate of drug-likeness (QED) is 0.404. The van der Waals surface area contributed by atoms with Crippen LogP contribution >= 0.6 is 11.6 Å². The summed E-state index contributed by atoms with van der Waals surface area (Å²) in [7, 11) is 0. The number of carbonyl (C=O) groups excluding carboxylic acids is 1.